The highest BCUT2D eigenvalue weighted by molar-refractivity contribution is 5.79. The third-order valence-electron chi connectivity index (χ3n) is 3.23. The molecule has 3 nitrogen and oxygen atoms in total. The van der Waals surface area contributed by atoms with Crippen LogP contribution in [0.1, 0.15) is 29.9 Å². The average molecular weight is 234 g/mol. The summed E-state index contributed by atoms with van der Waals surface area (Å²) in [5.74, 6) is -0.496. The molecule has 0 aromatic heterocycles. The van der Waals surface area contributed by atoms with Gasteiger partial charge in [0.05, 0.1) is 13.2 Å². The number of aryl methyl sites for hydroxylation is 1. The molecule has 0 amide bonds. The average Bonchev–Trinajstić information content (AvgIpc) is 2.85. The van der Waals surface area contributed by atoms with Crippen molar-refractivity contribution >= 4 is 5.97 Å². The molecule has 1 saturated heterocycles. The quantitative estimate of drug-likeness (QED) is 0.753. The Morgan fingerprint density at radius 2 is 2.12 bits per heavy atom. The lowest BCUT2D eigenvalue weighted by Gasteiger charge is -2.21. The van der Waals surface area contributed by atoms with Crippen molar-refractivity contribution in [2.75, 3.05) is 13.7 Å². The van der Waals surface area contributed by atoms with E-state index in [9.17, 15) is 4.79 Å². The van der Waals surface area contributed by atoms with Crippen LogP contribution in [0.3, 0.4) is 0 Å². The van der Waals surface area contributed by atoms with Gasteiger partial charge in [-0.05, 0) is 25.3 Å². The van der Waals surface area contributed by atoms with Gasteiger partial charge in [-0.15, -0.1) is 0 Å². The van der Waals surface area contributed by atoms with E-state index in [2.05, 4.69) is 0 Å². The van der Waals surface area contributed by atoms with Crippen LogP contribution in [-0.4, -0.2) is 25.8 Å². The minimum absolute atomic E-state index is 0.0369. The predicted octanol–water partition coefficient (Wildman–Crippen LogP) is 2.43. The topological polar surface area (TPSA) is 35.5 Å². The summed E-state index contributed by atoms with van der Waals surface area (Å²) in [7, 11) is 1.43. The maximum atomic E-state index is 11.9. The van der Waals surface area contributed by atoms with E-state index in [4.69, 9.17) is 9.47 Å². The van der Waals surface area contributed by atoms with Crippen LogP contribution in [0.4, 0.5) is 0 Å². The van der Waals surface area contributed by atoms with Crippen LogP contribution in [0.5, 0.6) is 0 Å². The summed E-state index contributed by atoms with van der Waals surface area (Å²) in [6.45, 7) is 2.77. The second-order valence-corrected chi connectivity index (χ2v) is 4.46. The summed E-state index contributed by atoms with van der Waals surface area (Å²) in [4.78, 5) is 11.9. The van der Waals surface area contributed by atoms with Gasteiger partial charge in [-0.2, -0.15) is 0 Å². The van der Waals surface area contributed by atoms with Crippen molar-refractivity contribution in [2.24, 2.45) is 0 Å². The first kappa shape index (κ1) is 12.1. The van der Waals surface area contributed by atoms with Crippen LogP contribution >= 0.6 is 0 Å². The Balaban J connectivity index is 2.25. The highest BCUT2D eigenvalue weighted by atomic mass is 16.5. The fraction of sp³-hybridized carbons (Fsp3) is 0.500. The van der Waals surface area contributed by atoms with Crippen molar-refractivity contribution < 1.29 is 14.3 Å². The van der Waals surface area contributed by atoms with Gasteiger partial charge >= 0.3 is 5.97 Å². The van der Waals surface area contributed by atoms with E-state index in [1.165, 1.54) is 12.7 Å². The number of rotatable bonds is 3. The Hall–Kier alpha value is -1.35. The Morgan fingerprint density at radius 1 is 1.41 bits per heavy atom. The van der Waals surface area contributed by atoms with E-state index in [-0.39, 0.29) is 18.0 Å². The first-order chi connectivity index (χ1) is 8.22. The highest BCUT2D eigenvalue weighted by Gasteiger charge is 2.33. The SMILES string of the molecule is COC(=O)[C@H](c1ccc(C)cc1)[C@H]1CCCO1. The van der Waals surface area contributed by atoms with Crippen LogP contribution in [0.25, 0.3) is 0 Å². The molecular formula is C14H18O3. The number of ether oxygens (including phenoxy) is 2. The number of benzene rings is 1. The van der Waals surface area contributed by atoms with Crippen molar-refractivity contribution in [3.8, 4) is 0 Å². The van der Waals surface area contributed by atoms with Gasteiger partial charge in [0.2, 0.25) is 0 Å². The number of esters is 1. The number of hydrogen-bond donors (Lipinski definition) is 0. The molecule has 92 valence electrons. The molecule has 2 rings (SSSR count). The molecule has 0 N–H and O–H groups in total. The zero-order valence-corrected chi connectivity index (χ0v) is 10.3. The molecule has 17 heavy (non-hydrogen) atoms. The number of methoxy groups -OCH3 is 1. The van der Waals surface area contributed by atoms with E-state index >= 15 is 0 Å². The van der Waals surface area contributed by atoms with E-state index in [0.29, 0.717) is 0 Å². The highest BCUT2D eigenvalue weighted by Crippen LogP contribution is 2.30. The van der Waals surface area contributed by atoms with Gasteiger partial charge in [-0.25, -0.2) is 0 Å². The number of carbonyl (C=O) groups is 1. The first-order valence-corrected chi connectivity index (χ1v) is 5.98. The standard InChI is InChI=1S/C14H18O3/c1-10-5-7-11(8-6-10)13(14(15)16-2)12-4-3-9-17-12/h5-8,12-13H,3-4,9H2,1-2H3/t12-,13-/m1/s1. The van der Waals surface area contributed by atoms with Gasteiger partial charge in [0, 0.05) is 6.61 Å². The molecule has 0 spiro atoms. The smallest absolute Gasteiger partial charge is 0.315 e. The molecule has 1 aliphatic rings. The van der Waals surface area contributed by atoms with Crippen molar-refractivity contribution in [3.63, 3.8) is 0 Å². The molecule has 1 aromatic carbocycles. The fourth-order valence-corrected chi connectivity index (χ4v) is 2.27. The summed E-state index contributed by atoms with van der Waals surface area (Å²) >= 11 is 0. The van der Waals surface area contributed by atoms with Gasteiger partial charge in [-0.3, -0.25) is 4.79 Å². The summed E-state index contributed by atoms with van der Waals surface area (Å²) < 4.78 is 10.5. The molecule has 2 atom stereocenters. The monoisotopic (exact) mass is 234 g/mol. The van der Waals surface area contributed by atoms with Gasteiger partial charge < -0.3 is 9.47 Å². The molecule has 1 aromatic rings. The maximum Gasteiger partial charge on any atom is 0.315 e. The molecular weight excluding hydrogens is 216 g/mol. The van der Waals surface area contributed by atoms with Gasteiger partial charge in [0.1, 0.15) is 5.92 Å². The second kappa shape index (κ2) is 5.32. The van der Waals surface area contributed by atoms with Crippen LogP contribution in [0.15, 0.2) is 24.3 Å². The molecule has 0 unspecified atom stereocenters. The van der Waals surface area contributed by atoms with Crippen molar-refractivity contribution in [3.05, 3.63) is 35.4 Å². The van der Waals surface area contributed by atoms with E-state index in [1.54, 1.807) is 0 Å². The van der Waals surface area contributed by atoms with Crippen molar-refractivity contribution in [1.82, 2.24) is 0 Å². The largest absolute Gasteiger partial charge is 0.468 e. The van der Waals surface area contributed by atoms with Crippen LogP contribution in [0, 0.1) is 6.92 Å². The lowest BCUT2D eigenvalue weighted by atomic mass is 9.91. The Bertz CT molecular complexity index is 377. The molecule has 0 radical (unpaired) electrons. The zero-order chi connectivity index (χ0) is 12.3. The predicted molar refractivity (Wildman–Crippen MR) is 64.9 cm³/mol. The number of carbonyl (C=O) groups excluding carboxylic acids is 1. The minimum atomic E-state index is -0.289. The Kier molecular flexibility index (Phi) is 3.79. The van der Waals surface area contributed by atoms with E-state index in [1.807, 2.05) is 31.2 Å². The van der Waals surface area contributed by atoms with Crippen LogP contribution in [0.2, 0.25) is 0 Å². The molecule has 0 bridgehead atoms. The maximum absolute atomic E-state index is 11.9. The molecule has 1 aliphatic heterocycles. The molecule has 0 saturated carbocycles. The molecule has 1 fully saturated rings. The summed E-state index contributed by atoms with van der Waals surface area (Å²) in [6, 6.07) is 8.00. The molecule has 0 aliphatic carbocycles. The summed E-state index contributed by atoms with van der Waals surface area (Å²) in [6.07, 6.45) is 1.91. The lowest BCUT2D eigenvalue weighted by Crippen LogP contribution is -2.26. The Labute approximate surface area is 102 Å². The van der Waals surface area contributed by atoms with Crippen LogP contribution in [-0.2, 0) is 14.3 Å². The third kappa shape index (κ3) is 2.67. The summed E-state index contributed by atoms with van der Waals surface area (Å²) in [5.41, 5.74) is 2.17. The van der Waals surface area contributed by atoms with Crippen LogP contribution < -0.4 is 0 Å². The van der Waals surface area contributed by atoms with E-state index < -0.39 is 0 Å². The third-order valence-corrected chi connectivity index (χ3v) is 3.23. The second-order valence-electron chi connectivity index (χ2n) is 4.46. The Morgan fingerprint density at radius 3 is 2.65 bits per heavy atom. The zero-order valence-electron chi connectivity index (χ0n) is 10.3. The lowest BCUT2D eigenvalue weighted by molar-refractivity contribution is -0.145. The van der Waals surface area contributed by atoms with Gasteiger partial charge in [-0.1, -0.05) is 29.8 Å². The van der Waals surface area contributed by atoms with E-state index in [0.717, 1.165) is 25.0 Å². The van der Waals surface area contributed by atoms with Gasteiger partial charge in [0.25, 0.3) is 0 Å². The summed E-state index contributed by atoms with van der Waals surface area (Å²) in [5, 5.41) is 0. The molecule has 1 heterocycles. The number of hydrogen-bond acceptors (Lipinski definition) is 3. The first-order valence-electron chi connectivity index (χ1n) is 5.98. The van der Waals surface area contributed by atoms with Gasteiger partial charge in [0.15, 0.2) is 0 Å². The van der Waals surface area contributed by atoms with Crippen molar-refractivity contribution in [1.29, 1.82) is 0 Å². The minimum Gasteiger partial charge on any atom is -0.468 e. The van der Waals surface area contributed by atoms with Crippen molar-refractivity contribution in [2.45, 2.75) is 31.8 Å². The fourth-order valence-electron chi connectivity index (χ4n) is 2.27. The normalized spacial score (nSPS) is 21.2. The molecule has 3 heteroatoms.